The highest BCUT2D eigenvalue weighted by Crippen LogP contribution is 2.41. The lowest BCUT2D eigenvalue weighted by atomic mass is 9.98. The first-order valence-electron chi connectivity index (χ1n) is 22.2. The summed E-state index contributed by atoms with van der Waals surface area (Å²) in [5.74, 6) is 0.657. The standard InChI is InChI=1S/C60H37N5/c1-3-14-38(15-4-1)59-46-20-9-11-21-51(46)62-60(63-59)65-54-22-12-10-19-45(54)47-33-40(27-32-57(47)65)42-26-31-56-49(35-42)48-34-41(25-30-55(48)64(56)43-16-5-2-6-17-43)39-24-28-52-50(36-39)58-44-18-8-7-13-37(44)23-29-53(58)61-52/h1-36,61H. The van der Waals surface area contributed by atoms with E-state index in [1.807, 2.05) is 12.1 Å². The van der Waals surface area contributed by atoms with Gasteiger partial charge in [0.25, 0.3) is 0 Å². The Morgan fingerprint density at radius 3 is 1.57 bits per heavy atom. The number of hydrogen-bond acceptors (Lipinski definition) is 2. The van der Waals surface area contributed by atoms with Crippen molar-refractivity contribution in [2.45, 2.75) is 0 Å². The summed E-state index contributed by atoms with van der Waals surface area (Å²) in [7, 11) is 0. The third-order valence-electron chi connectivity index (χ3n) is 13.4. The fourth-order valence-electron chi connectivity index (χ4n) is 10.4. The van der Waals surface area contributed by atoms with Crippen molar-refractivity contribution in [3.63, 3.8) is 0 Å². The van der Waals surface area contributed by atoms with E-state index in [2.05, 4.69) is 220 Å². The minimum Gasteiger partial charge on any atom is -0.354 e. The first kappa shape index (κ1) is 35.8. The number of benzene rings is 10. The number of rotatable bonds is 5. The monoisotopic (exact) mass is 827 g/mol. The Morgan fingerprint density at radius 1 is 0.323 bits per heavy atom. The fraction of sp³-hybridized carbons (Fsp3) is 0. The average molecular weight is 828 g/mol. The molecule has 0 atom stereocenters. The molecule has 0 unspecified atom stereocenters. The summed E-state index contributed by atoms with van der Waals surface area (Å²) in [4.78, 5) is 14.2. The lowest BCUT2D eigenvalue weighted by Gasteiger charge is -2.12. The van der Waals surface area contributed by atoms with Gasteiger partial charge in [0, 0.05) is 60.0 Å². The van der Waals surface area contributed by atoms with Gasteiger partial charge in [0.2, 0.25) is 5.95 Å². The molecule has 4 aromatic heterocycles. The van der Waals surface area contributed by atoms with Gasteiger partial charge in [-0.3, -0.25) is 4.57 Å². The van der Waals surface area contributed by atoms with Crippen LogP contribution in [0.15, 0.2) is 218 Å². The van der Waals surface area contributed by atoms with Gasteiger partial charge in [0.05, 0.1) is 33.3 Å². The van der Waals surface area contributed by atoms with Crippen molar-refractivity contribution in [2.75, 3.05) is 0 Å². The molecule has 10 aromatic carbocycles. The van der Waals surface area contributed by atoms with Crippen LogP contribution < -0.4 is 0 Å². The highest BCUT2D eigenvalue weighted by molar-refractivity contribution is 6.21. The molecule has 0 aliphatic carbocycles. The van der Waals surface area contributed by atoms with Crippen LogP contribution in [0.3, 0.4) is 0 Å². The third kappa shape index (κ3) is 5.46. The molecule has 0 radical (unpaired) electrons. The zero-order valence-electron chi connectivity index (χ0n) is 35.1. The molecular formula is C60H37N5. The molecule has 0 saturated carbocycles. The Balaban J connectivity index is 0.948. The lowest BCUT2D eigenvalue weighted by molar-refractivity contribution is 1.01. The summed E-state index contributed by atoms with van der Waals surface area (Å²) in [6.45, 7) is 0. The van der Waals surface area contributed by atoms with Crippen LogP contribution in [-0.2, 0) is 0 Å². The molecule has 1 N–H and O–H groups in total. The van der Waals surface area contributed by atoms with Gasteiger partial charge in [-0.15, -0.1) is 0 Å². The van der Waals surface area contributed by atoms with Crippen LogP contribution in [0.4, 0.5) is 0 Å². The van der Waals surface area contributed by atoms with Gasteiger partial charge in [-0.2, -0.15) is 0 Å². The summed E-state index contributed by atoms with van der Waals surface area (Å²) in [5, 5.41) is 10.8. The second-order valence-electron chi connectivity index (χ2n) is 17.1. The maximum Gasteiger partial charge on any atom is 0.235 e. The van der Waals surface area contributed by atoms with Crippen molar-refractivity contribution in [3.8, 4) is 45.1 Å². The molecule has 14 aromatic rings. The summed E-state index contributed by atoms with van der Waals surface area (Å²) >= 11 is 0. The summed E-state index contributed by atoms with van der Waals surface area (Å²) in [5.41, 5.74) is 15.5. The zero-order valence-corrected chi connectivity index (χ0v) is 35.1. The van der Waals surface area contributed by atoms with Crippen LogP contribution in [0.25, 0.3) is 132 Å². The summed E-state index contributed by atoms with van der Waals surface area (Å²) < 4.78 is 4.62. The smallest absolute Gasteiger partial charge is 0.235 e. The molecule has 0 bridgehead atoms. The number of nitrogens with zero attached hydrogens (tertiary/aromatic N) is 4. The fourth-order valence-corrected chi connectivity index (χ4v) is 10.4. The van der Waals surface area contributed by atoms with Gasteiger partial charge in [0.15, 0.2) is 0 Å². The Hall–Kier alpha value is -8.80. The lowest BCUT2D eigenvalue weighted by Crippen LogP contribution is -2.03. The highest BCUT2D eigenvalue weighted by atomic mass is 15.2. The highest BCUT2D eigenvalue weighted by Gasteiger charge is 2.20. The number of aromatic nitrogens is 5. The average Bonchev–Trinajstić information content (AvgIpc) is 4.03. The maximum absolute atomic E-state index is 5.30. The topological polar surface area (TPSA) is 51.4 Å². The second-order valence-corrected chi connectivity index (χ2v) is 17.1. The van der Waals surface area contributed by atoms with Crippen LogP contribution in [0.2, 0.25) is 0 Å². The number of aromatic amines is 1. The molecule has 0 aliphatic rings. The molecule has 65 heavy (non-hydrogen) atoms. The predicted octanol–water partition coefficient (Wildman–Crippen LogP) is 15.6. The number of fused-ring (bicyclic) bond motifs is 12. The second kappa shape index (κ2) is 13.9. The van der Waals surface area contributed by atoms with Crippen LogP contribution in [-0.4, -0.2) is 24.1 Å². The minimum atomic E-state index is 0.657. The summed E-state index contributed by atoms with van der Waals surface area (Å²) in [6.07, 6.45) is 0. The van der Waals surface area contributed by atoms with Gasteiger partial charge in [-0.25, -0.2) is 9.97 Å². The van der Waals surface area contributed by atoms with Gasteiger partial charge in [-0.1, -0.05) is 140 Å². The van der Waals surface area contributed by atoms with E-state index in [1.54, 1.807) is 0 Å². The molecule has 0 aliphatic heterocycles. The van der Waals surface area contributed by atoms with E-state index in [0.717, 1.165) is 71.8 Å². The van der Waals surface area contributed by atoms with Crippen LogP contribution >= 0.6 is 0 Å². The normalized spacial score (nSPS) is 12.0. The maximum atomic E-state index is 5.30. The van der Waals surface area contributed by atoms with E-state index >= 15 is 0 Å². The van der Waals surface area contributed by atoms with Crippen molar-refractivity contribution in [1.29, 1.82) is 0 Å². The van der Waals surface area contributed by atoms with Gasteiger partial charge in [0.1, 0.15) is 0 Å². The van der Waals surface area contributed by atoms with E-state index in [4.69, 9.17) is 9.97 Å². The summed E-state index contributed by atoms with van der Waals surface area (Å²) in [6, 6.07) is 78.7. The molecule has 0 fully saturated rings. The molecule has 0 saturated heterocycles. The van der Waals surface area contributed by atoms with Crippen molar-refractivity contribution < 1.29 is 0 Å². The number of H-pyrrole nitrogens is 1. The van der Waals surface area contributed by atoms with Crippen LogP contribution in [0.5, 0.6) is 0 Å². The van der Waals surface area contributed by atoms with Crippen molar-refractivity contribution in [1.82, 2.24) is 24.1 Å². The van der Waals surface area contributed by atoms with E-state index in [0.29, 0.717) is 5.95 Å². The van der Waals surface area contributed by atoms with Crippen LogP contribution in [0.1, 0.15) is 0 Å². The molecule has 5 heteroatoms. The third-order valence-corrected chi connectivity index (χ3v) is 13.4. The zero-order chi connectivity index (χ0) is 42.6. The molecule has 14 rings (SSSR count). The SMILES string of the molecule is c1ccc(-c2nc(-n3c4ccccc4c4cc(-c5ccc6c(c5)c5cc(-c7ccc8[nH]c9ccc%10ccccc%10c9c8c7)ccc5n6-c5ccccc5)ccc43)nc3ccccc23)cc1. The minimum absolute atomic E-state index is 0.657. The largest absolute Gasteiger partial charge is 0.354 e. The first-order valence-corrected chi connectivity index (χ1v) is 22.2. The van der Waals surface area contributed by atoms with Gasteiger partial charge < -0.3 is 9.55 Å². The molecule has 0 amide bonds. The quantitative estimate of drug-likeness (QED) is 0.188. The Bertz CT molecular complexity index is 4230. The van der Waals surface area contributed by atoms with E-state index in [-0.39, 0.29) is 0 Å². The first-order chi connectivity index (χ1) is 32.2. The molecule has 302 valence electrons. The van der Waals surface area contributed by atoms with Gasteiger partial charge >= 0.3 is 0 Å². The molecular weight excluding hydrogens is 791 g/mol. The Kier molecular flexibility index (Phi) is 7.62. The van der Waals surface area contributed by atoms with E-state index in [9.17, 15) is 0 Å². The molecule has 5 nitrogen and oxygen atoms in total. The van der Waals surface area contributed by atoms with Gasteiger partial charge in [-0.05, 0) is 112 Å². The van der Waals surface area contributed by atoms with Crippen LogP contribution in [0, 0.1) is 0 Å². The number of para-hydroxylation sites is 3. The number of nitrogens with one attached hydrogen (secondary N) is 1. The van der Waals surface area contributed by atoms with Crippen molar-refractivity contribution in [2.24, 2.45) is 0 Å². The Morgan fingerprint density at radius 2 is 0.846 bits per heavy atom. The molecule has 0 spiro atoms. The molecule has 4 heterocycles. The van der Waals surface area contributed by atoms with Crippen molar-refractivity contribution >= 4 is 87.1 Å². The van der Waals surface area contributed by atoms with Crippen molar-refractivity contribution in [3.05, 3.63) is 218 Å². The predicted molar refractivity (Wildman–Crippen MR) is 271 cm³/mol. The number of hydrogen-bond donors (Lipinski definition) is 1. The Labute approximate surface area is 373 Å². The van der Waals surface area contributed by atoms with E-state index < -0.39 is 0 Å². The van der Waals surface area contributed by atoms with E-state index in [1.165, 1.54) is 54.5 Å².